The molecule has 14 heavy (non-hydrogen) atoms. The molecule has 0 heterocycles. The van der Waals surface area contributed by atoms with Gasteiger partial charge in [0, 0.05) is 0 Å². The van der Waals surface area contributed by atoms with E-state index in [1.807, 2.05) is 30.3 Å². The Kier molecular flexibility index (Phi) is 3.96. The van der Waals surface area contributed by atoms with Gasteiger partial charge in [0.15, 0.2) is 0 Å². The predicted molar refractivity (Wildman–Crippen MR) is 52.9 cm³/mol. The molecular weight excluding hydrogens is 178 g/mol. The van der Waals surface area contributed by atoms with Crippen molar-refractivity contribution in [2.24, 2.45) is 0 Å². The Hall–Kier alpha value is -1.53. The Morgan fingerprint density at radius 1 is 1.50 bits per heavy atom. The fourth-order valence-electron chi connectivity index (χ4n) is 1.02. The van der Waals surface area contributed by atoms with Crippen molar-refractivity contribution in [3.63, 3.8) is 0 Å². The van der Waals surface area contributed by atoms with Gasteiger partial charge in [-0.15, -0.1) is 0 Å². The summed E-state index contributed by atoms with van der Waals surface area (Å²) in [5.74, 6) is 0.802. The van der Waals surface area contributed by atoms with Crippen LogP contribution in [0, 0.1) is 11.3 Å². The summed E-state index contributed by atoms with van der Waals surface area (Å²) >= 11 is 0. The van der Waals surface area contributed by atoms with Gasteiger partial charge in [-0.05, 0) is 24.6 Å². The van der Waals surface area contributed by atoms with E-state index in [0.29, 0.717) is 6.61 Å². The van der Waals surface area contributed by atoms with Crippen LogP contribution in [0.15, 0.2) is 24.3 Å². The second-order valence-electron chi connectivity index (χ2n) is 2.93. The Labute approximate surface area is 83.9 Å². The first-order valence-electron chi connectivity index (χ1n) is 4.40. The molecule has 0 radical (unpaired) electrons. The molecule has 0 saturated heterocycles. The SMILES string of the molecule is COc1cccc(COC(C)C#N)c1. The van der Waals surface area contributed by atoms with Gasteiger partial charge in [-0.2, -0.15) is 5.26 Å². The zero-order valence-electron chi connectivity index (χ0n) is 8.36. The molecule has 0 aliphatic heterocycles. The number of nitriles is 1. The lowest BCUT2D eigenvalue weighted by Crippen LogP contribution is -2.04. The summed E-state index contributed by atoms with van der Waals surface area (Å²) < 4.78 is 10.3. The highest BCUT2D eigenvalue weighted by Crippen LogP contribution is 2.13. The van der Waals surface area contributed by atoms with Gasteiger partial charge >= 0.3 is 0 Å². The van der Waals surface area contributed by atoms with Gasteiger partial charge in [-0.1, -0.05) is 12.1 Å². The van der Waals surface area contributed by atoms with Crippen molar-refractivity contribution in [1.82, 2.24) is 0 Å². The monoisotopic (exact) mass is 191 g/mol. The van der Waals surface area contributed by atoms with Gasteiger partial charge in [0.2, 0.25) is 0 Å². The van der Waals surface area contributed by atoms with Gasteiger partial charge in [0.1, 0.15) is 11.9 Å². The fraction of sp³-hybridized carbons (Fsp3) is 0.364. The highest BCUT2D eigenvalue weighted by atomic mass is 16.5. The summed E-state index contributed by atoms with van der Waals surface area (Å²) in [6, 6.07) is 9.61. The Bertz CT molecular complexity index is 330. The van der Waals surface area contributed by atoms with Crippen LogP contribution in [-0.2, 0) is 11.3 Å². The van der Waals surface area contributed by atoms with Crippen LogP contribution in [0.25, 0.3) is 0 Å². The maximum absolute atomic E-state index is 8.51. The molecular formula is C11H13NO2. The van der Waals surface area contributed by atoms with E-state index in [9.17, 15) is 0 Å². The van der Waals surface area contributed by atoms with Crippen molar-refractivity contribution in [3.05, 3.63) is 29.8 Å². The van der Waals surface area contributed by atoms with Crippen molar-refractivity contribution >= 4 is 0 Å². The molecule has 1 rings (SSSR count). The van der Waals surface area contributed by atoms with Crippen LogP contribution in [0.3, 0.4) is 0 Å². The molecule has 1 atom stereocenters. The lowest BCUT2D eigenvalue weighted by atomic mass is 10.2. The summed E-state index contributed by atoms with van der Waals surface area (Å²) in [4.78, 5) is 0. The Balaban J connectivity index is 2.55. The van der Waals surface area contributed by atoms with Crippen molar-refractivity contribution in [2.75, 3.05) is 7.11 Å². The van der Waals surface area contributed by atoms with Crippen LogP contribution in [0.5, 0.6) is 5.75 Å². The minimum Gasteiger partial charge on any atom is -0.497 e. The summed E-state index contributed by atoms with van der Waals surface area (Å²) in [5, 5.41) is 8.51. The zero-order valence-corrected chi connectivity index (χ0v) is 8.36. The summed E-state index contributed by atoms with van der Waals surface area (Å²) in [5.41, 5.74) is 1.01. The average Bonchev–Trinajstić information content (AvgIpc) is 2.26. The lowest BCUT2D eigenvalue weighted by molar-refractivity contribution is 0.0886. The molecule has 3 nitrogen and oxygen atoms in total. The van der Waals surface area contributed by atoms with Gasteiger partial charge < -0.3 is 9.47 Å². The molecule has 0 aliphatic rings. The van der Waals surface area contributed by atoms with Gasteiger partial charge in [-0.3, -0.25) is 0 Å². The second-order valence-corrected chi connectivity index (χ2v) is 2.93. The smallest absolute Gasteiger partial charge is 0.141 e. The average molecular weight is 191 g/mol. The highest BCUT2D eigenvalue weighted by Gasteiger charge is 2.00. The number of rotatable bonds is 4. The third-order valence-corrected chi connectivity index (χ3v) is 1.82. The molecule has 0 aliphatic carbocycles. The quantitative estimate of drug-likeness (QED) is 0.732. The fourth-order valence-corrected chi connectivity index (χ4v) is 1.02. The maximum Gasteiger partial charge on any atom is 0.141 e. The van der Waals surface area contributed by atoms with Crippen LogP contribution < -0.4 is 4.74 Å². The van der Waals surface area contributed by atoms with Gasteiger partial charge in [0.05, 0.1) is 19.8 Å². The number of ether oxygens (including phenoxy) is 2. The second kappa shape index (κ2) is 5.25. The summed E-state index contributed by atoms with van der Waals surface area (Å²) in [6.07, 6.45) is -0.374. The molecule has 0 aromatic heterocycles. The molecule has 0 bridgehead atoms. The molecule has 0 N–H and O–H groups in total. The van der Waals surface area contributed by atoms with Crippen LogP contribution in [0.2, 0.25) is 0 Å². The van der Waals surface area contributed by atoms with Crippen molar-refractivity contribution in [3.8, 4) is 11.8 Å². The van der Waals surface area contributed by atoms with Crippen molar-refractivity contribution in [1.29, 1.82) is 5.26 Å². The lowest BCUT2D eigenvalue weighted by Gasteiger charge is -2.06. The van der Waals surface area contributed by atoms with Crippen molar-refractivity contribution < 1.29 is 9.47 Å². The number of hydrogen-bond acceptors (Lipinski definition) is 3. The largest absolute Gasteiger partial charge is 0.497 e. The molecule has 74 valence electrons. The molecule has 0 amide bonds. The predicted octanol–water partition coefficient (Wildman–Crippen LogP) is 2.12. The van der Waals surface area contributed by atoms with E-state index in [0.717, 1.165) is 11.3 Å². The van der Waals surface area contributed by atoms with Crippen LogP contribution >= 0.6 is 0 Å². The van der Waals surface area contributed by atoms with E-state index in [1.54, 1.807) is 14.0 Å². The van der Waals surface area contributed by atoms with Crippen LogP contribution in [-0.4, -0.2) is 13.2 Å². The maximum atomic E-state index is 8.51. The van der Waals surface area contributed by atoms with Crippen molar-refractivity contribution in [2.45, 2.75) is 19.6 Å². The first-order valence-corrected chi connectivity index (χ1v) is 4.40. The van der Waals surface area contributed by atoms with Gasteiger partial charge in [-0.25, -0.2) is 0 Å². The molecule has 0 spiro atoms. The van der Waals surface area contributed by atoms with E-state index in [2.05, 4.69) is 0 Å². The van der Waals surface area contributed by atoms with E-state index in [1.165, 1.54) is 0 Å². The van der Waals surface area contributed by atoms with E-state index in [4.69, 9.17) is 14.7 Å². The van der Waals surface area contributed by atoms with Crippen LogP contribution in [0.4, 0.5) is 0 Å². The third kappa shape index (κ3) is 3.08. The molecule has 1 aromatic rings. The standard InChI is InChI=1S/C11H13NO2/c1-9(7-12)14-8-10-4-3-5-11(6-10)13-2/h3-6,9H,8H2,1-2H3. The summed E-state index contributed by atoms with van der Waals surface area (Å²) in [7, 11) is 1.62. The Morgan fingerprint density at radius 2 is 2.29 bits per heavy atom. The first kappa shape index (κ1) is 10.6. The number of hydrogen-bond donors (Lipinski definition) is 0. The summed E-state index contributed by atoms with van der Waals surface area (Å²) in [6.45, 7) is 2.16. The van der Waals surface area contributed by atoms with Crippen LogP contribution in [0.1, 0.15) is 12.5 Å². The minimum absolute atomic E-state index is 0.374. The number of benzene rings is 1. The molecule has 0 saturated carbocycles. The Morgan fingerprint density at radius 3 is 2.93 bits per heavy atom. The van der Waals surface area contributed by atoms with E-state index >= 15 is 0 Å². The highest BCUT2D eigenvalue weighted by molar-refractivity contribution is 5.27. The molecule has 1 aromatic carbocycles. The first-order chi connectivity index (χ1) is 6.76. The molecule has 3 heteroatoms. The van der Waals surface area contributed by atoms with E-state index in [-0.39, 0.29) is 6.10 Å². The normalized spacial score (nSPS) is 11.8. The van der Waals surface area contributed by atoms with Gasteiger partial charge in [0.25, 0.3) is 0 Å². The molecule has 0 fully saturated rings. The minimum atomic E-state index is -0.374. The topological polar surface area (TPSA) is 42.2 Å². The third-order valence-electron chi connectivity index (χ3n) is 1.82. The zero-order chi connectivity index (χ0) is 10.4. The molecule has 1 unspecified atom stereocenters. The number of nitrogens with zero attached hydrogens (tertiary/aromatic N) is 1. The van der Waals surface area contributed by atoms with E-state index < -0.39 is 0 Å². The number of methoxy groups -OCH3 is 1.